The van der Waals surface area contributed by atoms with Crippen molar-refractivity contribution in [1.29, 1.82) is 0 Å². The van der Waals surface area contributed by atoms with Crippen molar-refractivity contribution in [2.45, 2.75) is 53.5 Å². The molecule has 0 fully saturated rings. The molecule has 0 unspecified atom stereocenters. The predicted octanol–water partition coefficient (Wildman–Crippen LogP) is 3.79. The van der Waals surface area contributed by atoms with Gasteiger partial charge in [-0.25, -0.2) is 4.98 Å². The Kier molecular flexibility index (Phi) is 4.65. The van der Waals surface area contributed by atoms with Crippen molar-refractivity contribution in [3.8, 4) is 11.3 Å². The molecule has 4 heteroatoms. The summed E-state index contributed by atoms with van der Waals surface area (Å²) in [5.74, 6) is 3.44. The highest BCUT2D eigenvalue weighted by atomic mass is 16.4. The van der Waals surface area contributed by atoms with Crippen molar-refractivity contribution < 1.29 is 8.83 Å². The van der Waals surface area contributed by atoms with Crippen LogP contribution in [0.15, 0.2) is 15.0 Å². The van der Waals surface area contributed by atoms with Crippen molar-refractivity contribution in [3.63, 3.8) is 0 Å². The summed E-state index contributed by atoms with van der Waals surface area (Å²) in [4.78, 5) is 4.36. The summed E-state index contributed by atoms with van der Waals surface area (Å²) < 4.78 is 11.5. The number of nitrogens with one attached hydrogen (secondary N) is 1. The van der Waals surface area contributed by atoms with Gasteiger partial charge in [0.2, 0.25) is 0 Å². The summed E-state index contributed by atoms with van der Waals surface area (Å²) >= 11 is 0. The van der Waals surface area contributed by atoms with E-state index >= 15 is 0 Å². The number of rotatable bonds is 6. The van der Waals surface area contributed by atoms with E-state index in [1.54, 1.807) is 6.20 Å². The average molecular weight is 276 g/mol. The van der Waals surface area contributed by atoms with Gasteiger partial charge < -0.3 is 14.2 Å². The molecular weight excluding hydrogens is 252 g/mol. The lowest BCUT2D eigenvalue weighted by Gasteiger charge is -2.05. The standard InChI is InChI=1S/C16H24N2O2/c1-10(2)17-8-6-7-15-18-9-14(20-15)16-11(3)12(4)19-13(16)5/h9-10,17H,6-8H2,1-5H3. The van der Waals surface area contributed by atoms with Gasteiger partial charge in [-0.15, -0.1) is 0 Å². The van der Waals surface area contributed by atoms with Crippen LogP contribution in [0.1, 0.15) is 43.2 Å². The number of furan rings is 1. The van der Waals surface area contributed by atoms with Crippen LogP contribution in [-0.2, 0) is 6.42 Å². The maximum absolute atomic E-state index is 5.85. The van der Waals surface area contributed by atoms with Gasteiger partial charge in [0.15, 0.2) is 11.7 Å². The predicted molar refractivity (Wildman–Crippen MR) is 79.9 cm³/mol. The van der Waals surface area contributed by atoms with Crippen molar-refractivity contribution in [2.75, 3.05) is 6.54 Å². The Morgan fingerprint density at radius 2 is 1.90 bits per heavy atom. The second-order valence-corrected chi connectivity index (χ2v) is 5.55. The fraction of sp³-hybridized carbons (Fsp3) is 0.562. The fourth-order valence-electron chi connectivity index (χ4n) is 2.33. The highest BCUT2D eigenvalue weighted by Crippen LogP contribution is 2.31. The Morgan fingerprint density at radius 1 is 1.15 bits per heavy atom. The molecule has 1 N–H and O–H groups in total. The highest BCUT2D eigenvalue weighted by Gasteiger charge is 2.17. The van der Waals surface area contributed by atoms with Crippen LogP contribution >= 0.6 is 0 Å². The largest absolute Gasteiger partial charge is 0.466 e. The number of hydrogen-bond acceptors (Lipinski definition) is 4. The summed E-state index contributed by atoms with van der Waals surface area (Å²) in [5.41, 5.74) is 2.17. The van der Waals surface area contributed by atoms with Gasteiger partial charge in [0, 0.05) is 18.0 Å². The Bertz CT molecular complexity index is 567. The first-order valence-electron chi connectivity index (χ1n) is 7.24. The van der Waals surface area contributed by atoms with Crippen LogP contribution in [0.4, 0.5) is 0 Å². The van der Waals surface area contributed by atoms with Crippen molar-refractivity contribution in [1.82, 2.24) is 10.3 Å². The van der Waals surface area contributed by atoms with Crippen molar-refractivity contribution in [3.05, 3.63) is 29.2 Å². The Morgan fingerprint density at radius 3 is 2.50 bits per heavy atom. The first-order chi connectivity index (χ1) is 9.49. The van der Waals surface area contributed by atoms with E-state index in [-0.39, 0.29) is 0 Å². The van der Waals surface area contributed by atoms with Crippen LogP contribution in [0, 0.1) is 20.8 Å². The van der Waals surface area contributed by atoms with Crippen LogP contribution in [0.5, 0.6) is 0 Å². The van der Waals surface area contributed by atoms with Gasteiger partial charge >= 0.3 is 0 Å². The van der Waals surface area contributed by atoms with Gasteiger partial charge in [-0.1, -0.05) is 13.8 Å². The minimum atomic E-state index is 0.523. The first kappa shape index (κ1) is 14.9. The molecule has 4 nitrogen and oxygen atoms in total. The summed E-state index contributed by atoms with van der Waals surface area (Å²) in [6, 6.07) is 0.523. The molecule has 0 aliphatic carbocycles. The number of hydrogen-bond donors (Lipinski definition) is 1. The Balaban J connectivity index is 2.02. The molecule has 0 aliphatic heterocycles. The Labute approximate surface area is 120 Å². The van der Waals surface area contributed by atoms with Crippen molar-refractivity contribution >= 4 is 0 Å². The molecule has 0 bridgehead atoms. The lowest BCUT2D eigenvalue weighted by Crippen LogP contribution is -2.23. The van der Waals surface area contributed by atoms with Crippen molar-refractivity contribution in [2.24, 2.45) is 0 Å². The van der Waals surface area contributed by atoms with E-state index in [2.05, 4.69) is 31.1 Å². The molecule has 2 heterocycles. The normalized spacial score (nSPS) is 11.5. The average Bonchev–Trinajstić information content (AvgIpc) is 2.91. The monoisotopic (exact) mass is 276 g/mol. The van der Waals surface area contributed by atoms with Gasteiger partial charge in [0.1, 0.15) is 11.5 Å². The third-order valence-corrected chi connectivity index (χ3v) is 3.48. The molecule has 0 atom stereocenters. The zero-order valence-electron chi connectivity index (χ0n) is 13.0. The molecule has 2 aromatic rings. The number of nitrogens with zero attached hydrogens (tertiary/aromatic N) is 1. The Hall–Kier alpha value is -1.55. The fourth-order valence-corrected chi connectivity index (χ4v) is 2.33. The lowest BCUT2D eigenvalue weighted by atomic mass is 10.1. The van der Waals surface area contributed by atoms with Crippen LogP contribution < -0.4 is 5.32 Å². The molecule has 0 spiro atoms. The number of oxazole rings is 1. The smallest absolute Gasteiger partial charge is 0.194 e. The van der Waals surface area contributed by atoms with E-state index in [1.807, 2.05) is 13.8 Å². The van der Waals surface area contributed by atoms with Gasteiger partial charge in [0.05, 0.1) is 11.8 Å². The summed E-state index contributed by atoms with van der Waals surface area (Å²) in [5, 5.41) is 3.39. The van der Waals surface area contributed by atoms with Gasteiger partial charge in [-0.3, -0.25) is 0 Å². The minimum absolute atomic E-state index is 0.523. The zero-order valence-corrected chi connectivity index (χ0v) is 13.0. The number of aryl methyl sites for hydroxylation is 3. The lowest BCUT2D eigenvalue weighted by molar-refractivity contribution is 0.480. The molecule has 2 aromatic heterocycles. The van der Waals surface area contributed by atoms with Crippen LogP contribution in [0.2, 0.25) is 0 Å². The molecule has 0 aromatic carbocycles. The van der Waals surface area contributed by atoms with E-state index in [0.717, 1.165) is 53.7 Å². The van der Waals surface area contributed by atoms with Gasteiger partial charge in [-0.05, 0) is 33.7 Å². The molecule has 0 radical (unpaired) electrons. The molecule has 0 saturated heterocycles. The topological polar surface area (TPSA) is 51.2 Å². The molecule has 0 amide bonds. The van der Waals surface area contributed by atoms with E-state index < -0.39 is 0 Å². The summed E-state index contributed by atoms with van der Waals surface area (Å²) in [7, 11) is 0. The zero-order chi connectivity index (χ0) is 14.7. The molecule has 2 rings (SSSR count). The first-order valence-corrected chi connectivity index (χ1v) is 7.24. The third-order valence-electron chi connectivity index (χ3n) is 3.48. The number of aromatic nitrogens is 1. The second-order valence-electron chi connectivity index (χ2n) is 5.55. The maximum atomic E-state index is 5.85. The van der Waals surface area contributed by atoms with E-state index in [1.165, 1.54) is 0 Å². The van der Waals surface area contributed by atoms with E-state index in [4.69, 9.17) is 8.83 Å². The third kappa shape index (κ3) is 3.31. The molecular formula is C16H24N2O2. The van der Waals surface area contributed by atoms with Crippen LogP contribution in [-0.4, -0.2) is 17.6 Å². The molecule has 110 valence electrons. The summed E-state index contributed by atoms with van der Waals surface area (Å²) in [6.45, 7) is 11.3. The SMILES string of the molecule is Cc1oc(C)c(-c2cnc(CCCNC(C)C)o2)c1C. The molecule has 20 heavy (non-hydrogen) atoms. The molecule has 0 saturated carbocycles. The van der Waals surface area contributed by atoms with E-state index in [9.17, 15) is 0 Å². The van der Waals surface area contributed by atoms with Crippen LogP contribution in [0.25, 0.3) is 11.3 Å². The molecule has 0 aliphatic rings. The van der Waals surface area contributed by atoms with Gasteiger partial charge in [0.25, 0.3) is 0 Å². The maximum Gasteiger partial charge on any atom is 0.194 e. The highest BCUT2D eigenvalue weighted by molar-refractivity contribution is 5.64. The van der Waals surface area contributed by atoms with Gasteiger partial charge in [-0.2, -0.15) is 0 Å². The van der Waals surface area contributed by atoms with E-state index in [0.29, 0.717) is 6.04 Å². The van der Waals surface area contributed by atoms with Crippen LogP contribution in [0.3, 0.4) is 0 Å². The second kappa shape index (κ2) is 6.27. The minimum Gasteiger partial charge on any atom is -0.466 e. The summed E-state index contributed by atoms with van der Waals surface area (Å²) in [6.07, 6.45) is 3.69. The quantitative estimate of drug-likeness (QED) is 0.815.